The Morgan fingerprint density at radius 3 is 2.70 bits per heavy atom. The SMILES string of the molecule is CCNC(=NCCOCC)NCCNC(=O)c1cccnc1.I. The summed E-state index contributed by atoms with van der Waals surface area (Å²) in [5, 5.41) is 9.12. The van der Waals surface area contributed by atoms with Gasteiger partial charge in [0, 0.05) is 38.6 Å². The van der Waals surface area contributed by atoms with Gasteiger partial charge in [-0.3, -0.25) is 14.8 Å². The van der Waals surface area contributed by atoms with Gasteiger partial charge < -0.3 is 20.7 Å². The maximum absolute atomic E-state index is 11.8. The van der Waals surface area contributed by atoms with Crippen molar-refractivity contribution in [1.29, 1.82) is 0 Å². The summed E-state index contributed by atoms with van der Waals surface area (Å²) in [6.07, 6.45) is 3.18. The summed E-state index contributed by atoms with van der Waals surface area (Å²) < 4.78 is 5.24. The van der Waals surface area contributed by atoms with E-state index in [9.17, 15) is 4.79 Å². The third kappa shape index (κ3) is 10.1. The predicted octanol–water partition coefficient (Wildman–Crippen LogP) is 1.02. The van der Waals surface area contributed by atoms with Crippen molar-refractivity contribution < 1.29 is 9.53 Å². The van der Waals surface area contributed by atoms with Crippen LogP contribution in [-0.2, 0) is 4.74 Å². The number of nitrogens with one attached hydrogen (secondary N) is 3. The molecular formula is C15H26IN5O2. The van der Waals surface area contributed by atoms with Crippen molar-refractivity contribution in [2.75, 3.05) is 39.4 Å². The number of aromatic nitrogens is 1. The topological polar surface area (TPSA) is 87.6 Å². The first-order valence-corrected chi connectivity index (χ1v) is 7.56. The molecule has 7 nitrogen and oxygen atoms in total. The molecule has 8 heteroatoms. The van der Waals surface area contributed by atoms with E-state index < -0.39 is 0 Å². The molecule has 0 fully saturated rings. The number of ether oxygens (including phenoxy) is 1. The smallest absolute Gasteiger partial charge is 0.252 e. The van der Waals surface area contributed by atoms with E-state index in [0.717, 1.165) is 12.5 Å². The van der Waals surface area contributed by atoms with Crippen LogP contribution in [-0.4, -0.2) is 56.2 Å². The van der Waals surface area contributed by atoms with Crippen molar-refractivity contribution in [2.45, 2.75) is 13.8 Å². The van der Waals surface area contributed by atoms with Crippen molar-refractivity contribution in [2.24, 2.45) is 4.99 Å². The molecule has 0 unspecified atom stereocenters. The fourth-order valence-electron chi connectivity index (χ4n) is 1.66. The second kappa shape index (κ2) is 14.2. The van der Waals surface area contributed by atoms with Gasteiger partial charge in [-0.25, -0.2) is 0 Å². The lowest BCUT2D eigenvalue weighted by molar-refractivity contribution is 0.0954. The molecule has 0 aliphatic carbocycles. The first-order chi connectivity index (χ1) is 10.8. The Labute approximate surface area is 154 Å². The molecule has 0 saturated heterocycles. The second-order valence-corrected chi connectivity index (χ2v) is 4.38. The molecule has 130 valence electrons. The quantitative estimate of drug-likeness (QED) is 0.233. The molecule has 0 bridgehead atoms. The van der Waals surface area contributed by atoms with Gasteiger partial charge in [0.2, 0.25) is 0 Å². The zero-order chi connectivity index (χ0) is 16.0. The van der Waals surface area contributed by atoms with Gasteiger partial charge in [-0.15, -0.1) is 24.0 Å². The molecular weight excluding hydrogens is 409 g/mol. The number of hydrogen-bond acceptors (Lipinski definition) is 4. The molecule has 1 aromatic rings. The third-order valence-corrected chi connectivity index (χ3v) is 2.68. The number of nitrogens with zero attached hydrogens (tertiary/aromatic N) is 2. The molecule has 0 aliphatic heterocycles. The van der Waals surface area contributed by atoms with Gasteiger partial charge in [0.15, 0.2) is 5.96 Å². The molecule has 1 amide bonds. The number of pyridine rings is 1. The molecule has 0 saturated carbocycles. The van der Waals surface area contributed by atoms with E-state index in [2.05, 4.69) is 25.9 Å². The number of carbonyl (C=O) groups excluding carboxylic acids is 1. The molecule has 0 radical (unpaired) electrons. The maximum Gasteiger partial charge on any atom is 0.252 e. The molecule has 0 spiro atoms. The zero-order valence-corrected chi connectivity index (χ0v) is 16.0. The standard InChI is InChI=1S/C15H25N5O2.HI/c1-3-17-15(20-10-11-22-4-2)19-9-8-18-14(21)13-6-5-7-16-12-13;/h5-7,12H,3-4,8-11H2,1-2H3,(H,18,21)(H2,17,19,20);1H. The van der Waals surface area contributed by atoms with Crippen LogP contribution in [0.1, 0.15) is 24.2 Å². The summed E-state index contributed by atoms with van der Waals surface area (Å²) >= 11 is 0. The van der Waals surface area contributed by atoms with Crippen molar-refractivity contribution in [1.82, 2.24) is 20.9 Å². The molecule has 0 aromatic carbocycles. The Morgan fingerprint density at radius 2 is 2.04 bits per heavy atom. The number of amides is 1. The van der Waals surface area contributed by atoms with E-state index in [-0.39, 0.29) is 29.9 Å². The van der Waals surface area contributed by atoms with Gasteiger partial charge in [-0.2, -0.15) is 0 Å². The molecule has 1 aromatic heterocycles. The highest BCUT2D eigenvalue weighted by molar-refractivity contribution is 14.0. The minimum Gasteiger partial charge on any atom is -0.380 e. The first kappa shape index (κ1) is 21.6. The second-order valence-electron chi connectivity index (χ2n) is 4.38. The van der Waals surface area contributed by atoms with Crippen LogP contribution in [0.5, 0.6) is 0 Å². The van der Waals surface area contributed by atoms with Crippen LogP contribution in [0.3, 0.4) is 0 Å². The van der Waals surface area contributed by atoms with Gasteiger partial charge in [0.25, 0.3) is 5.91 Å². The normalized spacial score (nSPS) is 10.6. The van der Waals surface area contributed by atoms with E-state index in [1.54, 1.807) is 24.5 Å². The van der Waals surface area contributed by atoms with Crippen LogP contribution in [0.4, 0.5) is 0 Å². The van der Waals surface area contributed by atoms with E-state index in [1.807, 2.05) is 13.8 Å². The monoisotopic (exact) mass is 435 g/mol. The summed E-state index contributed by atoms with van der Waals surface area (Å²) in [6, 6.07) is 3.47. The van der Waals surface area contributed by atoms with Crippen molar-refractivity contribution in [3.05, 3.63) is 30.1 Å². The highest BCUT2D eigenvalue weighted by Gasteiger charge is 2.03. The summed E-state index contributed by atoms with van der Waals surface area (Å²) in [5.74, 6) is 0.589. The minimum absolute atomic E-state index is 0. The van der Waals surface area contributed by atoms with Crippen LogP contribution in [0.2, 0.25) is 0 Å². The van der Waals surface area contributed by atoms with Crippen molar-refractivity contribution >= 4 is 35.8 Å². The maximum atomic E-state index is 11.8. The van der Waals surface area contributed by atoms with Crippen LogP contribution in [0.25, 0.3) is 0 Å². The number of rotatable bonds is 9. The fraction of sp³-hybridized carbons (Fsp3) is 0.533. The Kier molecular flexibility index (Phi) is 13.3. The van der Waals surface area contributed by atoms with Crippen LogP contribution < -0.4 is 16.0 Å². The molecule has 0 aliphatic rings. The highest BCUT2D eigenvalue weighted by Crippen LogP contribution is 1.94. The van der Waals surface area contributed by atoms with Gasteiger partial charge in [0.05, 0.1) is 18.7 Å². The minimum atomic E-state index is -0.131. The van der Waals surface area contributed by atoms with Crippen molar-refractivity contribution in [3.8, 4) is 0 Å². The number of hydrogen-bond donors (Lipinski definition) is 3. The van der Waals surface area contributed by atoms with E-state index in [0.29, 0.717) is 38.4 Å². The Morgan fingerprint density at radius 1 is 1.26 bits per heavy atom. The van der Waals surface area contributed by atoms with E-state index in [1.165, 1.54) is 0 Å². The lowest BCUT2D eigenvalue weighted by atomic mass is 10.3. The largest absolute Gasteiger partial charge is 0.380 e. The van der Waals surface area contributed by atoms with Gasteiger partial charge in [0.1, 0.15) is 0 Å². The fourth-order valence-corrected chi connectivity index (χ4v) is 1.66. The third-order valence-electron chi connectivity index (χ3n) is 2.68. The predicted molar refractivity (Wildman–Crippen MR) is 102 cm³/mol. The summed E-state index contributed by atoms with van der Waals surface area (Å²) in [6.45, 7) is 7.73. The van der Waals surface area contributed by atoms with Gasteiger partial charge in [-0.1, -0.05) is 0 Å². The summed E-state index contributed by atoms with van der Waals surface area (Å²) in [5.41, 5.74) is 0.555. The molecule has 1 heterocycles. The Bertz CT molecular complexity index is 456. The number of aliphatic imine (C=N–C) groups is 1. The van der Waals surface area contributed by atoms with Gasteiger partial charge in [-0.05, 0) is 26.0 Å². The number of guanidine groups is 1. The lowest BCUT2D eigenvalue weighted by Crippen LogP contribution is -2.41. The first-order valence-electron chi connectivity index (χ1n) is 7.56. The number of halogens is 1. The zero-order valence-electron chi connectivity index (χ0n) is 13.7. The van der Waals surface area contributed by atoms with Gasteiger partial charge >= 0.3 is 0 Å². The Hall–Kier alpha value is -1.42. The van der Waals surface area contributed by atoms with Crippen LogP contribution in [0.15, 0.2) is 29.5 Å². The van der Waals surface area contributed by atoms with Crippen LogP contribution in [0, 0.1) is 0 Å². The van der Waals surface area contributed by atoms with E-state index in [4.69, 9.17) is 4.74 Å². The van der Waals surface area contributed by atoms with Crippen molar-refractivity contribution in [3.63, 3.8) is 0 Å². The molecule has 23 heavy (non-hydrogen) atoms. The average Bonchev–Trinajstić information content (AvgIpc) is 2.56. The highest BCUT2D eigenvalue weighted by atomic mass is 127. The number of carbonyl (C=O) groups is 1. The Balaban J connectivity index is 0.00000484. The van der Waals surface area contributed by atoms with Crippen LogP contribution >= 0.6 is 24.0 Å². The molecule has 1 rings (SSSR count). The average molecular weight is 435 g/mol. The molecule has 0 atom stereocenters. The summed E-state index contributed by atoms with van der Waals surface area (Å²) in [7, 11) is 0. The lowest BCUT2D eigenvalue weighted by Gasteiger charge is -2.11. The summed E-state index contributed by atoms with van der Waals surface area (Å²) in [4.78, 5) is 20.1. The van der Waals surface area contributed by atoms with E-state index >= 15 is 0 Å². The molecule has 3 N–H and O–H groups in total.